The van der Waals surface area contributed by atoms with Crippen LogP contribution in [0.3, 0.4) is 0 Å². The third kappa shape index (κ3) is 29.3. The normalized spacial score (nSPS) is 12.6. The number of esters is 1. The molecule has 0 aliphatic heterocycles. The lowest BCUT2D eigenvalue weighted by molar-refractivity contribution is -0.154. The highest BCUT2D eigenvalue weighted by molar-refractivity contribution is 5.69. The van der Waals surface area contributed by atoms with Crippen LogP contribution in [0.4, 0.5) is 0 Å². The second-order valence-corrected chi connectivity index (χ2v) is 10.5. The summed E-state index contributed by atoms with van der Waals surface area (Å²) in [5.74, 6) is -0.214. The summed E-state index contributed by atoms with van der Waals surface area (Å²) in [5.41, 5.74) is 0. The first-order valence-corrected chi connectivity index (χ1v) is 15.9. The molecule has 0 fully saturated rings. The third-order valence-corrected chi connectivity index (χ3v) is 6.75. The fourth-order valence-electron chi connectivity index (χ4n) is 4.30. The van der Waals surface area contributed by atoms with Crippen molar-refractivity contribution in [1.29, 1.82) is 0 Å². The predicted molar refractivity (Wildman–Crippen MR) is 159 cm³/mol. The predicted octanol–water partition coefficient (Wildman–Crippen LogP) is 9.64. The zero-order valence-corrected chi connectivity index (χ0v) is 24.7. The topological polar surface area (TPSA) is 55.8 Å². The number of aliphatic hydroxyl groups excluding tert-OH is 1. The maximum atomic E-state index is 12.1. The fraction of sp³-hybridized carbons (Fsp3) is 0.848. The van der Waals surface area contributed by atoms with Crippen LogP contribution < -0.4 is 0 Å². The number of aliphatic hydroxyl groups is 1. The number of rotatable bonds is 29. The Balaban J connectivity index is 3.48. The lowest BCUT2D eigenvalue weighted by atomic mass is 10.1. The summed E-state index contributed by atoms with van der Waals surface area (Å²) in [6, 6.07) is 0. The summed E-state index contributed by atoms with van der Waals surface area (Å²) in [5, 5.41) is 9.50. The highest BCUT2D eigenvalue weighted by atomic mass is 16.6. The lowest BCUT2D eigenvalue weighted by Gasteiger charge is -2.15. The Morgan fingerprint density at radius 3 is 1.62 bits per heavy atom. The van der Waals surface area contributed by atoms with Crippen molar-refractivity contribution in [3.8, 4) is 0 Å². The molecule has 0 spiro atoms. The van der Waals surface area contributed by atoms with E-state index in [-0.39, 0.29) is 12.6 Å². The van der Waals surface area contributed by atoms with Crippen LogP contribution in [0.2, 0.25) is 0 Å². The van der Waals surface area contributed by atoms with E-state index < -0.39 is 6.10 Å². The molecule has 0 aliphatic rings. The van der Waals surface area contributed by atoms with Crippen LogP contribution in [0, 0.1) is 0 Å². The van der Waals surface area contributed by atoms with Gasteiger partial charge in [0.15, 0.2) is 0 Å². The van der Waals surface area contributed by atoms with Gasteiger partial charge in [0, 0.05) is 13.0 Å². The van der Waals surface area contributed by atoms with E-state index in [9.17, 15) is 9.90 Å². The molecule has 0 radical (unpaired) electrons. The van der Waals surface area contributed by atoms with Gasteiger partial charge >= 0.3 is 5.97 Å². The summed E-state index contributed by atoms with van der Waals surface area (Å²) in [4.78, 5) is 12.1. The van der Waals surface area contributed by atoms with Gasteiger partial charge in [0.05, 0.1) is 13.2 Å². The number of carbonyl (C=O) groups excluding carboxylic acids is 1. The van der Waals surface area contributed by atoms with Gasteiger partial charge in [-0.3, -0.25) is 4.79 Å². The first kappa shape index (κ1) is 35.9. The van der Waals surface area contributed by atoms with Crippen molar-refractivity contribution in [2.45, 2.75) is 161 Å². The quantitative estimate of drug-likeness (QED) is 0.0603. The van der Waals surface area contributed by atoms with E-state index in [1.165, 1.54) is 116 Å². The van der Waals surface area contributed by atoms with Gasteiger partial charge in [0.2, 0.25) is 0 Å². The van der Waals surface area contributed by atoms with Crippen LogP contribution in [-0.2, 0) is 14.3 Å². The molecule has 1 N–H and O–H groups in total. The first-order chi connectivity index (χ1) is 18.2. The first-order valence-electron chi connectivity index (χ1n) is 15.9. The molecule has 0 bridgehead atoms. The Kier molecular flexibility index (Phi) is 30.1. The van der Waals surface area contributed by atoms with Crippen LogP contribution in [0.25, 0.3) is 0 Å². The van der Waals surface area contributed by atoms with Crippen LogP contribution in [0.5, 0.6) is 0 Å². The largest absolute Gasteiger partial charge is 0.457 e. The zero-order chi connectivity index (χ0) is 27.1. The molecule has 4 nitrogen and oxygen atoms in total. The second kappa shape index (κ2) is 31.1. The van der Waals surface area contributed by atoms with E-state index in [0.29, 0.717) is 19.6 Å². The van der Waals surface area contributed by atoms with E-state index >= 15 is 0 Å². The Labute approximate surface area is 230 Å². The Bertz CT molecular complexity index is 514. The van der Waals surface area contributed by atoms with E-state index in [1.54, 1.807) is 0 Å². The molecular weight excluding hydrogens is 460 g/mol. The molecule has 218 valence electrons. The molecule has 0 aromatic heterocycles. The van der Waals surface area contributed by atoms with E-state index in [4.69, 9.17) is 9.47 Å². The standard InChI is InChI=1S/C33H62O4/c1-3-5-7-9-11-13-15-17-18-20-22-24-26-28-33(35)37-32(30-34)31-36-29-27-25-23-21-19-16-14-12-10-8-6-4-2/h10,12-13,15,32,34H,3-9,11,14,16-31H2,1-2H3/b12-10-,15-13-. The second-order valence-electron chi connectivity index (χ2n) is 10.5. The molecule has 0 heterocycles. The van der Waals surface area contributed by atoms with Crippen molar-refractivity contribution in [1.82, 2.24) is 0 Å². The van der Waals surface area contributed by atoms with Crippen molar-refractivity contribution in [3.05, 3.63) is 24.3 Å². The van der Waals surface area contributed by atoms with Gasteiger partial charge in [0.1, 0.15) is 6.10 Å². The SMILES string of the molecule is CCCC/C=C\CCCCCCCCOCC(CO)OC(=O)CCCCCCC/C=C\CCCCCC. The molecule has 1 atom stereocenters. The minimum atomic E-state index is -0.536. The summed E-state index contributed by atoms with van der Waals surface area (Å²) >= 11 is 0. The van der Waals surface area contributed by atoms with Crippen molar-refractivity contribution in [3.63, 3.8) is 0 Å². The summed E-state index contributed by atoms with van der Waals surface area (Å²) < 4.78 is 11.0. The van der Waals surface area contributed by atoms with Gasteiger partial charge in [-0.15, -0.1) is 0 Å². The van der Waals surface area contributed by atoms with Gasteiger partial charge in [0.25, 0.3) is 0 Å². The highest BCUT2D eigenvalue weighted by Crippen LogP contribution is 2.11. The van der Waals surface area contributed by atoms with Crippen molar-refractivity contribution in [2.24, 2.45) is 0 Å². The molecule has 4 heteroatoms. The number of ether oxygens (including phenoxy) is 2. The molecule has 0 rings (SSSR count). The van der Waals surface area contributed by atoms with Crippen LogP contribution in [0.15, 0.2) is 24.3 Å². The van der Waals surface area contributed by atoms with Gasteiger partial charge in [-0.05, 0) is 57.8 Å². The van der Waals surface area contributed by atoms with E-state index in [2.05, 4.69) is 38.2 Å². The molecule has 1 unspecified atom stereocenters. The Hall–Kier alpha value is -1.13. The van der Waals surface area contributed by atoms with Crippen molar-refractivity contribution >= 4 is 5.97 Å². The minimum absolute atomic E-state index is 0.176. The van der Waals surface area contributed by atoms with Crippen molar-refractivity contribution in [2.75, 3.05) is 19.8 Å². The molecule has 0 aliphatic carbocycles. The monoisotopic (exact) mass is 522 g/mol. The van der Waals surface area contributed by atoms with E-state index in [1.807, 2.05) is 0 Å². The molecular formula is C33H62O4. The summed E-state index contributed by atoms with van der Waals surface area (Å²) in [6.07, 6.45) is 34.8. The average Bonchev–Trinajstić information content (AvgIpc) is 2.90. The number of hydrogen-bond acceptors (Lipinski definition) is 4. The molecule has 0 aromatic rings. The van der Waals surface area contributed by atoms with Gasteiger partial charge in [-0.25, -0.2) is 0 Å². The Morgan fingerprint density at radius 2 is 1.08 bits per heavy atom. The fourth-order valence-corrected chi connectivity index (χ4v) is 4.30. The van der Waals surface area contributed by atoms with Gasteiger partial charge in [-0.2, -0.15) is 0 Å². The third-order valence-electron chi connectivity index (χ3n) is 6.75. The molecule has 0 aromatic carbocycles. The number of carbonyl (C=O) groups is 1. The molecule has 0 saturated heterocycles. The van der Waals surface area contributed by atoms with Gasteiger partial charge < -0.3 is 14.6 Å². The number of unbranched alkanes of at least 4 members (excludes halogenated alkanes) is 17. The maximum absolute atomic E-state index is 12.1. The minimum Gasteiger partial charge on any atom is -0.457 e. The lowest BCUT2D eigenvalue weighted by Crippen LogP contribution is -2.27. The number of allylic oxidation sites excluding steroid dienone is 4. The molecule has 0 saturated carbocycles. The van der Waals surface area contributed by atoms with E-state index in [0.717, 1.165) is 19.3 Å². The number of hydrogen-bond donors (Lipinski definition) is 1. The van der Waals surface area contributed by atoms with Crippen LogP contribution in [-0.4, -0.2) is 37.0 Å². The van der Waals surface area contributed by atoms with Crippen LogP contribution in [0.1, 0.15) is 155 Å². The highest BCUT2D eigenvalue weighted by Gasteiger charge is 2.13. The van der Waals surface area contributed by atoms with Gasteiger partial charge in [-0.1, -0.05) is 115 Å². The summed E-state index contributed by atoms with van der Waals surface area (Å²) in [6.45, 7) is 5.27. The summed E-state index contributed by atoms with van der Waals surface area (Å²) in [7, 11) is 0. The zero-order valence-electron chi connectivity index (χ0n) is 24.7. The maximum Gasteiger partial charge on any atom is 0.306 e. The average molecular weight is 523 g/mol. The molecule has 0 amide bonds. The van der Waals surface area contributed by atoms with Crippen molar-refractivity contribution < 1.29 is 19.4 Å². The molecule has 37 heavy (non-hydrogen) atoms. The van der Waals surface area contributed by atoms with Crippen LogP contribution >= 0.6 is 0 Å². The smallest absolute Gasteiger partial charge is 0.306 e. The Morgan fingerprint density at radius 1 is 0.622 bits per heavy atom.